The summed E-state index contributed by atoms with van der Waals surface area (Å²) in [5.41, 5.74) is 0. The molecular weight excluding hydrogens is 192 g/mol. The summed E-state index contributed by atoms with van der Waals surface area (Å²) in [4.78, 5) is 2.65. The lowest BCUT2D eigenvalue weighted by molar-refractivity contribution is 0.227. The highest BCUT2D eigenvalue weighted by atomic mass is 32.2. The fourth-order valence-electron chi connectivity index (χ4n) is 1.89. The maximum absolute atomic E-state index is 3.20. The van der Waals surface area contributed by atoms with E-state index < -0.39 is 0 Å². The largest absolute Gasteiger partial charge is 0.320 e. The van der Waals surface area contributed by atoms with E-state index in [-0.39, 0.29) is 0 Å². The van der Waals surface area contributed by atoms with Crippen molar-refractivity contribution in [3.8, 4) is 0 Å². The summed E-state index contributed by atoms with van der Waals surface area (Å²) < 4.78 is 0. The first-order valence-corrected chi connectivity index (χ1v) is 6.96. The summed E-state index contributed by atoms with van der Waals surface area (Å²) >= 11 is 2.10. The van der Waals surface area contributed by atoms with Crippen molar-refractivity contribution in [2.75, 3.05) is 38.2 Å². The zero-order chi connectivity index (χ0) is 10.2. The summed E-state index contributed by atoms with van der Waals surface area (Å²) in [6.07, 6.45) is 4.07. The maximum Gasteiger partial charge on any atom is 0.0158 e. The molecule has 1 fully saturated rings. The second-order valence-corrected chi connectivity index (χ2v) is 5.27. The Bertz CT molecular complexity index is 141. The zero-order valence-corrected chi connectivity index (χ0v) is 10.4. The van der Waals surface area contributed by atoms with Gasteiger partial charge in [-0.25, -0.2) is 0 Å². The lowest BCUT2D eigenvalue weighted by atomic mass is 10.2. The van der Waals surface area contributed by atoms with Gasteiger partial charge in [-0.1, -0.05) is 6.42 Å². The van der Waals surface area contributed by atoms with Gasteiger partial charge in [-0.3, -0.25) is 4.90 Å². The van der Waals surface area contributed by atoms with E-state index in [9.17, 15) is 0 Å². The van der Waals surface area contributed by atoms with Crippen LogP contribution in [0.15, 0.2) is 0 Å². The molecule has 0 aromatic rings. The monoisotopic (exact) mass is 216 g/mol. The Morgan fingerprint density at radius 1 is 1.36 bits per heavy atom. The Kier molecular flexibility index (Phi) is 6.65. The van der Waals surface area contributed by atoms with Gasteiger partial charge in [0.1, 0.15) is 0 Å². The highest BCUT2D eigenvalue weighted by molar-refractivity contribution is 7.99. The molecular formula is C11H24N2S. The van der Waals surface area contributed by atoms with E-state index in [1.165, 1.54) is 50.4 Å². The first-order chi connectivity index (χ1) is 6.84. The Balaban J connectivity index is 1.99. The third kappa shape index (κ3) is 4.67. The molecule has 0 aromatic carbocycles. The summed E-state index contributed by atoms with van der Waals surface area (Å²) in [7, 11) is 2.03. The summed E-state index contributed by atoms with van der Waals surface area (Å²) in [5, 5.41) is 3.20. The molecule has 1 rings (SSSR count). The lowest BCUT2D eigenvalue weighted by Crippen LogP contribution is -2.40. The van der Waals surface area contributed by atoms with Gasteiger partial charge in [-0.2, -0.15) is 11.8 Å². The van der Waals surface area contributed by atoms with Crippen LogP contribution in [-0.2, 0) is 0 Å². The summed E-state index contributed by atoms with van der Waals surface area (Å²) in [5.74, 6) is 2.66. The van der Waals surface area contributed by atoms with Gasteiger partial charge in [0, 0.05) is 24.1 Å². The van der Waals surface area contributed by atoms with E-state index in [0.717, 1.165) is 6.04 Å². The Morgan fingerprint density at radius 3 is 2.93 bits per heavy atom. The van der Waals surface area contributed by atoms with Crippen molar-refractivity contribution in [2.24, 2.45) is 0 Å². The van der Waals surface area contributed by atoms with Crippen LogP contribution < -0.4 is 5.32 Å². The second-order valence-electron chi connectivity index (χ2n) is 4.12. The second kappa shape index (κ2) is 7.55. The van der Waals surface area contributed by atoms with E-state index in [0.29, 0.717) is 0 Å². The smallest absolute Gasteiger partial charge is 0.0158 e. The van der Waals surface area contributed by atoms with Gasteiger partial charge in [-0.05, 0) is 39.9 Å². The number of unbranched alkanes of at least 4 members (excludes halogenated alkanes) is 2. The van der Waals surface area contributed by atoms with Crippen molar-refractivity contribution < 1.29 is 0 Å². The van der Waals surface area contributed by atoms with E-state index in [4.69, 9.17) is 0 Å². The topological polar surface area (TPSA) is 15.3 Å². The Labute approximate surface area is 92.8 Å². The molecule has 0 bridgehead atoms. The van der Waals surface area contributed by atoms with Crippen LogP contribution in [0, 0.1) is 0 Å². The highest BCUT2D eigenvalue weighted by Gasteiger charge is 2.17. The normalized spacial score (nSPS) is 24.0. The Hall–Kier alpha value is 0.270. The van der Waals surface area contributed by atoms with Gasteiger partial charge in [0.15, 0.2) is 0 Å². The molecule has 1 aliphatic rings. The minimum atomic E-state index is 0.804. The van der Waals surface area contributed by atoms with Crippen LogP contribution in [0.2, 0.25) is 0 Å². The number of thioether (sulfide) groups is 1. The minimum Gasteiger partial charge on any atom is -0.320 e. The average Bonchev–Trinajstić information content (AvgIpc) is 2.20. The third-order valence-electron chi connectivity index (χ3n) is 2.88. The molecule has 14 heavy (non-hydrogen) atoms. The average molecular weight is 216 g/mol. The molecule has 1 unspecified atom stereocenters. The molecule has 0 radical (unpaired) electrons. The van der Waals surface area contributed by atoms with E-state index >= 15 is 0 Å². The predicted molar refractivity (Wildman–Crippen MR) is 66.1 cm³/mol. The SMILES string of the molecule is CNCCCCCN1CCSCC1C. The lowest BCUT2D eigenvalue weighted by Gasteiger charge is -2.32. The van der Waals surface area contributed by atoms with E-state index in [2.05, 4.69) is 28.9 Å². The molecule has 1 atom stereocenters. The molecule has 0 amide bonds. The van der Waals surface area contributed by atoms with Crippen LogP contribution in [0.5, 0.6) is 0 Å². The molecule has 0 aromatic heterocycles. The van der Waals surface area contributed by atoms with Crippen LogP contribution in [0.4, 0.5) is 0 Å². The van der Waals surface area contributed by atoms with E-state index in [1.54, 1.807) is 0 Å². The number of nitrogens with zero attached hydrogens (tertiary/aromatic N) is 1. The van der Waals surface area contributed by atoms with Gasteiger partial charge in [-0.15, -0.1) is 0 Å². The van der Waals surface area contributed by atoms with Gasteiger partial charge >= 0.3 is 0 Å². The van der Waals surface area contributed by atoms with Gasteiger partial charge < -0.3 is 5.32 Å². The number of rotatable bonds is 6. The van der Waals surface area contributed by atoms with Gasteiger partial charge in [0.2, 0.25) is 0 Å². The molecule has 0 aliphatic carbocycles. The summed E-state index contributed by atoms with van der Waals surface area (Å²) in [6.45, 7) is 6.15. The third-order valence-corrected chi connectivity index (χ3v) is 4.07. The number of nitrogens with one attached hydrogen (secondary N) is 1. The van der Waals surface area contributed by atoms with Crippen molar-refractivity contribution in [1.82, 2.24) is 10.2 Å². The standard InChI is InChI=1S/C11H24N2S/c1-11-10-14-9-8-13(11)7-5-3-4-6-12-2/h11-12H,3-10H2,1-2H3. The zero-order valence-electron chi connectivity index (χ0n) is 9.59. The Morgan fingerprint density at radius 2 is 2.21 bits per heavy atom. The van der Waals surface area contributed by atoms with Crippen molar-refractivity contribution in [1.29, 1.82) is 0 Å². The molecule has 2 nitrogen and oxygen atoms in total. The minimum absolute atomic E-state index is 0.804. The first-order valence-electron chi connectivity index (χ1n) is 5.81. The molecule has 3 heteroatoms. The molecule has 0 spiro atoms. The van der Waals surface area contributed by atoms with Gasteiger partial charge in [0.05, 0.1) is 0 Å². The number of hydrogen-bond acceptors (Lipinski definition) is 3. The fraction of sp³-hybridized carbons (Fsp3) is 1.00. The predicted octanol–water partition coefficient (Wildman–Crippen LogP) is 1.81. The van der Waals surface area contributed by atoms with Gasteiger partial charge in [0.25, 0.3) is 0 Å². The maximum atomic E-state index is 3.20. The van der Waals surface area contributed by atoms with Crippen LogP contribution in [0.3, 0.4) is 0 Å². The van der Waals surface area contributed by atoms with Crippen LogP contribution >= 0.6 is 11.8 Å². The quantitative estimate of drug-likeness (QED) is 0.682. The van der Waals surface area contributed by atoms with Crippen molar-refractivity contribution >= 4 is 11.8 Å². The molecule has 84 valence electrons. The van der Waals surface area contributed by atoms with E-state index in [1.807, 2.05) is 7.05 Å². The molecule has 1 aliphatic heterocycles. The fourth-order valence-corrected chi connectivity index (χ4v) is 2.97. The molecule has 1 heterocycles. The van der Waals surface area contributed by atoms with Crippen molar-refractivity contribution in [3.05, 3.63) is 0 Å². The van der Waals surface area contributed by atoms with Crippen LogP contribution in [0.1, 0.15) is 26.2 Å². The number of hydrogen-bond donors (Lipinski definition) is 1. The highest BCUT2D eigenvalue weighted by Crippen LogP contribution is 2.16. The molecule has 1 N–H and O–H groups in total. The van der Waals surface area contributed by atoms with Crippen molar-refractivity contribution in [2.45, 2.75) is 32.2 Å². The molecule has 0 saturated carbocycles. The van der Waals surface area contributed by atoms with Crippen LogP contribution in [0.25, 0.3) is 0 Å². The molecule has 1 saturated heterocycles. The first kappa shape index (κ1) is 12.3. The van der Waals surface area contributed by atoms with Crippen LogP contribution in [-0.4, -0.2) is 49.1 Å². The van der Waals surface area contributed by atoms with Crippen molar-refractivity contribution in [3.63, 3.8) is 0 Å². The summed E-state index contributed by atoms with van der Waals surface area (Å²) in [6, 6.07) is 0.804.